The van der Waals surface area contributed by atoms with Gasteiger partial charge in [-0.3, -0.25) is 4.90 Å². The van der Waals surface area contributed by atoms with E-state index in [-0.39, 0.29) is 11.9 Å². The molecule has 0 radical (unpaired) electrons. The molecule has 3 nitrogen and oxygen atoms in total. The van der Waals surface area contributed by atoms with Crippen molar-refractivity contribution < 1.29 is 9.50 Å². The number of anilines is 1. The molecule has 1 N–H and O–H groups in total. The fourth-order valence-corrected chi connectivity index (χ4v) is 3.54. The van der Waals surface area contributed by atoms with Crippen LogP contribution in [0.25, 0.3) is 0 Å². The summed E-state index contributed by atoms with van der Waals surface area (Å²) < 4.78 is 13.4. The summed E-state index contributed by atoms with van der Waals surface area (Å²) in [6, 6.07) is 12.5. The molecule has 1 atom stereocenters. The Morgan fingerprint density at radius 1 is 1.00 bits per heavy atom. The molecule has 1 heterocycles. The van der Waals surface area contributed by atoms with Crippen molar-refractivity contribution in [3.63, 3.8) is 0 Å². The molecule has 0 bridgehead atoms. The standard InChI is InChI=1S/C20H25FN2O/c1-22(2)18-8-6-7-17(20(18)24)19(23-13-4-3-5-14-23)15-9-11-16(21)12-10-15/h6-12,19,24H,3-5,13-14H2,1-2H3. The number of nitrogens with zero attached hydrogens (tertiary/aromatic N) is 2. The van der Waals surface area contributed by atoms with Crippen molar-refractivity contribution in [1.82, 2.24) is 4.90 Å². The third-order valence-electron chi connectivity index (χ3n) is 4.76. The molecule has 2 aromatic rings. The first kappa shape index (κ1) is 16.8. The highest BCUT2D eigenvalue weighted by molar-refractivity contribution is 5.62. The highest BCUT2D eigenvalue weighted by Gasteiger charge is 2.27. The summed E-state index contributed by atoms with van der Waals surface area (Å²) in [5.41, 5.74) is 2.70. The van der Waals surface area contributed by atoms with E-state index in [9.17, 15) is 9.50 Å². The molecule has 0 aliphatic carbocycles. The van der Waals surface area contributed by atoms with Crippen molar-refractivity contribution in [1.29, 1.82) is 0 Å². The molecule has 128 valence electrons. The highest BCUT2D eigenvalue weighted by atomic mass is 19.1. The maximum absolute atomic E-state index is 13.4. The van der Waals surface area contributed by atoms with Gasteiger partial charge in [-0.15, -0.1) is 0 Å². The van der Waals surface area contributed by atoms with Crippen LogP contribution in [0.15, 0.2) is 42.5 Å². The Bertz CT molecular complexity index is 679. The predicted molar refractivity (Wildman–Crippen MR) is 96.1 cm³/mol. The van der Waals surface area contributed by atoms with Crippen molar-refractivity contribution in [3.8, 4) is 5.75 Å². The molecule has 1 saturated heterocycles. The smallest absolute Gasteiger partial charge is 0.143 e. The van der Waals surface area contributed by atoms with Crippen LogP contribution in [-0.4, -0.2) is 37.2 Å². The Labute approximate surface area is 143 Å². The van der Waals surface area contributed by atoms with Crippen LogP contribution in [0.4, 0.5) is 10.1 Å². The van der Waals surface area contributed by atoms with Crippen LogP contribution in [0, 0.1) is 5.82 Å². The number of hydrogen-bond donors (Lipinski definition) is 1. The summed E-state index contributed by atoms with van der Waals surface area (Å²) in [5.74, 6) is 0.0739. The molecule has 0 amide bonds. The SMILES string of the molecule is CN(C)c1cccc(C(c2ccc(F)cc2)N2CCCCC2)c1O. The lowest BCUT2D eigenvalue weighted by Gasteiger charge is -2.36. The second kappa shape index (κ2) is 7.22. The average molecular weight is 328 g/mol. The van der Waals surface area contributed by atoms with E-state index in [1.807, 2.05) is 49.3 Å². The lowest BCUT2D eigenvalue weighted by atomic mass is 9.93. The molecule has 3 rings (SSSR count). The first-order chi connectivity index (χ1) is 11.6. The molecular weight excluding hydrogens is 303 g/mol. The summed E-state index contributed by atoms with van der Waals surface area (Å²) in [4.78, 5) is 4.31. The number of benzene rings is 2. The number of piperidine rings is 1. The first-order valence-corrected chi connectivity index (χ1v) is 8.56. The summed E-state index contributed by atoms with van der Waals surface area (Å²) in [6.07, 6.45) is 3.56. The number of phenolic OH excluding ortho intramolecular Hbond substituents is 1. The van der Waals surface area contributed by atoms with Gasteiger partial charge in [0.15, 0.2) is 0 Å². The van der Waals surface area contributed by atoms with Gasteiger partial charge in [-0.25, -0.2) is 4.39 Å². The van der Waals surface area contributed by atoms with E-state index in [1.165, 1.54) is 18.6 Å². The van der Waals surface area contributed by atoms with E-state index in [2.05, 4.69) is 4.90 Å². The quantitative estimate of drug-likeness (QED) is 0.912. The van der Waals surface area contributed by atoms with E-state index >= 15 is 0 Å². The zero-order valence-corrected chi connectivity index (χ0v) is 14.4. The maximum Gasteiger partial charge on any atom is 0.143 e. The van der Waals surface area contributed by atoms with Gasteiger partial charge in [-0.05, 0) is 49.7 Å². The fourth-order valence-electron chi connectivity index (χ4n) is 3.54. The fraction of sp³-hybridized carbons (Fsp3) is 0.400. The van der Waals surface area contributed by atoms with Crippen molar-refractivity contribution >= 4 is 5.69 Å². The topological polar surface area (TPSA) is 26.7 Å². The molecule has 1 aliphatic rings. The zero-order valence-electron chi connectivity index (χ0n) is 14.4. The molecule has 4 heteroatoms. The number of halogens is 1. The van der Waals surface area contributed by atoms with Crippen molar-refractivity contribution in [2.75, 3.05) is 32.1 Å². The minimum Gasteiger partial charge on any atom is -0.505 e. The molecule has 1 aliphatic heterocycles. The van der Waals surface area contributed by atoms with Crippen molar-refractivity contribution in [2.24, 2.45) is 0 Å². The Morgan fingerprint density at radius 2 is 1.67 bits per heavy atom. The average Bonchev–Trinajstić information content (AvgIpc) is 2.59. The number of para-hydroxylation sites is 1. The van der Waals surface area contributed by atoms with Gasteiger partial charge < -0.3 is 10.0 Å². The molecule has 0 saturated carbocycles. The molecule has 0 aromatic heterocycles. The third kappa shape index (κ3) is 3.39. The summed E-state index contributed by atoms with van der Waals surface area (Å²) >= 11 is 0. The second-order valence-corrected chi connectivity index (χ2v) is 6.66. The lowest BCUT2D eigenvalue weighted by molar-refractivity contribution is 0.185. The normalized spacial score (nSPS) is 16.8. The van der Waals surface area contributed by atoms with E-state index < -0.39 is 0 Å². The Kier molecular flexibility index (Phi) is 5.05. The third-order valence-corrected chi connectivity index (χ3v) is 4.76. The Morgan fingerprint density at radius 3 is 2.29 bits per heavy atom. The van der Waals surface area contributed by atoms with Crippen LogP contribution in [-0.2, 0) is 0 Å². The largest absolute Gasteiger partial charge is 0.505 e. The molecule has 0 spiro atoms. The summed E-state index contributed by atoms with van der Waals surface area (Å²) in [7, 11) is 3.85. The van der Waals surface area contributed by atoms with E-state index in [0.717, 1.165) is 42.7 Å². The molecule has 24 heavy (non-hydrogen) atoms. The molecule has 1 fully saturated rings. The van der Waals surface area contributed by atoms with Gasteiger partial charge in [-0.2, -0.15) is 0 Å². The van der Waals surface area contributed by atoms with Crippen LogP contribution in [0.5, 0.6) is 5.75 Å². The van der Waals surface area contributed by atoms with Gasteiger partial charge in [0.05, 0.1) is 11.7 Å². The minimum atomic E-state index is -0.234. The number of hydrogen-bond acceptors (Lipinski definition) is 3. The van der Waals surface area contributed by atoms with Crippen LogP contribution in [0.1, 0.15) is 36.4 Å². The van der Waals surface area contributed by atoms with Gasteiger partial charge in [-0.1, -0.05) is 30.7 Å². The predicted octanol–water partition coefficient (Wildman–Crippen LogP) is 4.17. The van der Waals surface area contributed by atoms with Crippen molar-refractivity contribution in [2.45, 2.75) is 25.3 Å². The number of aromatic hydroxyl groups is 1. The minimum absolute atomic E-state index is 0.0502. The maximum atomic E-state index is 13.4. The Hall–Kier alpha value is -2.07. The number of phenols is 1. The highest BCUT2D eigenvalue weighted by Crippen LogP contribution is 2.40. The molecular formula is C20H25FN2O. The Balaban J connectivity index is 2.07. The van der Waals surface area contributed by atoms with Gasteiger partial charge in [0.1, 0.15) is 11.6 Å². The number of likely N-dealkylation sites (tertiary alicyclic amines) is 1. The summed E-state index contributed by atoms with van der Waals surface area (Å²) in [5, 5.41) is 10.8. The number of rotatable bonds is 4. The van der Waals surface area contributed by atoms with Gasteiger partial charge >= 0.3 is 0 Å². The van der Waals surface area contributed by atoms with Gasteiger partial charge in [0.2, 0.25) is 0 Å². The zero-order chi connectivity index (χ0) is 17.1. The summed E-state index contributed by atoms with van der Waals surface area (Å²) in [6.45, 7) is 1.99. The molecule has 1 unspecified atom stereocenters. The van der Waals surface area contributed by atoms with E-state index in [4.69, 9.17) is 0 Å². The van der Waals surface area contributed by atoms with Crippen LogP contribution >= 0.6 is 0 Å². The monoisotopic (exact) mass is 328 g/mol. The van der Waals surface area contributed by atoms with Crippen molar-refractivity contribution in [3.05, 3.63) is 59.4 Å². The first-order valence-electron chi connectivity index (χ1n) is 8.56. The lowest BCUT2D eigenvalue weighted by Crippen LogP contribution is -2.34. The molecule has 2 aromatic carbocycles. The van der Waals surface area contributed by atoms with E-state index in [1.54, 1.807) is 0 Å². The van der Waals surface area contributed by atoms with E-state index in [0.29, 0.717) is 5.75 Å². The van der Waals surface area contributed by atoms with Gasteiger partial charge in [0, 0.05) is 19.7 Å². The second-order valence-electron chi connectivity index (χ2n) is 6.66. The van der Waals surface area contributed by atoms with Crippen LogP contribution in [0.2, 0.25) is 0 Å². The van der Waals surface area contributed by atoms with Crippen LogP contribution < -0.4 is 4.90 Å². The van der Waals surface area contributed by atoms with Crippen LogP contribution in [0.3, 0.4) is 0 Å². The van der Waals surface area contributed by atoms with Gasteiger partial charge in [0.25, 0.3) is 0 Å².